The Morgan fingerprint density at radius 3 is 2.27 bits per heavy atom. The first kappa shape index (κ1) is 25.8. The number of aromatic nitrogens is 2. The summed E-state index contributed by atoms with van der Waals surface area (Å²) in [5.74, 6) is 1.19. The Kier molecular flexibility index (Phi) is 7.49. The van der Waals surface area contributed by atoms with Crippen LogP contribution in [-0.4, -0.2) is 51.2 Å². The van der Waals surface area contributed by atoms with Crippen molar-refractivity contribution in [2.75, 3.05) is 32.4 Å². The number of rotatable bonds is 9. The van der Waals surface area contributed by atoms with Gasteiger partial charge in [-0.3, -0.25) is 4.79 Å². The van der Waals surface area contributed by atoms with Gasteiger partial charge >= 0.3 is 0 Å². The van der Waals surface area contributed by atoms with Crippen molar-refractivity contribution in [3.8, 4) is 34.2 Å². The van der Waals surface area contributed by atoms with Gasteiger partial charge in [-0.2, -0.15) is 5.10 Å². The summed E-state index contributed by atoms with van der Waals surface area (Å²) in [6.45, 7) is 2.32. The Bertz CT molecular complexity index is 1530. The first-order valence-electron chi connectivity index (χ1n) is 11.4. The highest BCUT2D eigenvalue weighted by atomic mass is 32.2. The molecule has 10 heteroatoms. The minimum absolute atomic E-state index is 0.156. The lowest BCUT2D eigenvalue weighted by Crippen LogP contribution is -2.14. The smallest absolute Gasteiger partial charge is 0.276 e. The maximum Gasteiger partial charge on any atom is 0.276 e. The number of carbonyl (C=O) groups excluding carboxylic acids is 1. The number of sulfone groups is 1. The van der Waals surface area contributed by atoms with E-state index >= 15 is 0 Å². The fourth-order valence-corrected chi connectivity index (χ4v) is 4.39. The molecular weight excluding hydrogens is 494 g/mol. The van der Waals surface area contributed by atoms with E-state index in [9.17, 15) is 13.2 Å². The van der Waals surface area contributed by atoms with Crippen LogP contribution in [-0.2, 0) is 9.84 Å². The number of methoxy groups -OCH3 is 2. The number of anilines is 1. The predicted molar refractivity (Wildman–Crippen MR) is 141 cm³/mol. The number of carbonyl (C=O) groups is 1. The van der Waals surface area contributed by atoms with E-state index in [1.165, 1.54) is 19.2 Å². The van der Waals surface area contributed by atoms with Gasteiger partial charge in [-0.25, -0.2) is 13.1 Å². The van der Waals surface area contributed by atoms with Crippen LogP contribution in [0.1, 0.15) is 17.4 Å². The van der Waals surface area contributed by atoms with Gasteiger partial charge in [0.15, 0.2) is 27.0 Å². The van der Waals surface area contributed by atoms with E-state index in [-0.39, 0.29) is 10.6 Å². The van der Waals surface area contributed by atoms with E-state index in [1.54, 1.807) is 60.3 Å². The monoisotopic (exact) mass is 521 g/mol. The zero-order valence-electron chi connectivity index (χ0n) is 20.9. The molecule has 0 atom stereocenters. The van der Waals surface area contributed by atoms with Crippen molar-refractivity contribution in [1.82, 2.24) is 9.78 Å². The summed E-state index contributed by atoms with van der Waals surface area (Å²) in [6, 6.07) is 20.5. The Morgan fingerprint density at radius 2 is 1.62 bits per heavy atom. The summed E-state index contributed by atoms with van der Waals surface area (Å²) in [5, 5.41) is 7.42. The minimum Gasteiger partial charge on any atom is -0.493 e. The van der Waals surface area contributed by atoms with Crippen molar-refractivity contribution in [3.05, 3.63) is 78.5 Å². The standard InChI is InChI=1S/C27H27N3O6S/c1-5-36-24-9-7-6-8-21(24)28-27(31)22-17-23(18-10-15-25(34-2)26(16-18)35-3)30(29-22)19-11-13-20(14-12-19)37(4,32)33/h6-17H,5H2,1-4H3,(H,28,31). The molecule has 0 aliphatic heterocycles. The molecule has 0 aliphatic rings. The second kappa shape index (κ2) is 10.8. The molecule has 3 aromatic carbocycles. The number of nitrogens with zero attached hydrogens (tertiary/aromatic N) is 2. The van der Waals surface area contributed by atoms with Crippen molar-refractivity contribution < 1.29 is 27.4 Å². The van der Waals surface area contributed by atoms with E-state index in [1.807, 2.05) is 19.1 Å². The molecule has 0 bridgehead atoms. The molecule has 4 rings (SSSR count). The Morgan fingerprint density at radius 1 is 0.919 bits per heavy atom. The van der Waals surface area contributed by atoms with Gasteiger partial charge in [0.2, 0.25) is 0 Å². The molecule has 0 saturated heterocycles. The lowest BCUT2D eigenvalue weighted by molar-refractivity contribution is 0.102. The molecule has 192 valence electrons. The van der Waals surface area contributed by atoms with E-state index in [4.69, 9.17) is 14.2 Å². The van der Waals surface area contributed by atoms with E-state index in [0.29, 0.717) is 46.5 Å². The van der Waals surface area contributed by atoms with Crippen LogP contribution in [0, 0.1) is 0 Å². The first-order valence-corrected chi connectivity index (χ1v) is 13.3. The van der Waals surface area contributed by atoms with Gasteiger partial charge in [-0.05, 0) is 67.6 Å². The highest BCUT2D eigenvalue weighted by Crippen LogP contribution is 2.34. The zero-order valence-corrected chi connectivity index (χ0v) is 21.7. The SMILES string of the molecule is CCOc1ccccc1NC(=O)c1cc(-c2ccc(OC)c(OC)c2)n(-c2ccc(S(C)(=O)=O)cc2)n1. The van der Waals surface area contributed by atoms with Crippen LogP contribution in [0.2, 0.25) is 0 Å². The lowest BCUT2D eigenvalue weighted by atomic mass is 10.1. The van der Waals surface area contributed by atoms with Crippen molar-refractivity contribution in [2.24, 2.45) is 0 Å². The number of nitrogens with one attached hydrogen (secondary N) is 1. The average molecular weight is 522 g/mol. The van der Waals surface area contributed by atoms with Crippen molar-refractivity contribution in [2.45, 2.75) is 11.8 Å². The normalized spacial score (nSPS) is 11.1. The molecule has 0 unspecified atom stereocenters. The quantitative estimate of drug-likeness (QED) is 0.343. The topological polar surface area (TPSA) is 109 Å². The molecule has 0 spiro atoms. The number of benzene rings is 3. The van der Waals surface area contributed by atoms with Crippen LogP contribution in [0.15, 0.2) is 77.7 Å². The maximum atomic E-state index is 13.2. The summed E-state index contributed by atoms with van der Waals surface area (Å²) in [5.41, 5.74) is 2.56. The van der Waals surface area contributed by atoms with Gasteiger partial charge < -0.3 is 19.5 Å². The summed E-state index contributed by atoms with van der Waals surface area (Å²) in [7, 11) is -0.280. The van der Waals surface area contributed by atoms with Gasteiger partial charge in [0, 0.05) is 11.8 Å². The summed E-state index contributed by atoms with van der Waals surface area (Å²) in [6.07, 6.45) is 1.15. The van der Waals surface area contributed by atoms with Crippen LogP contribution in [0.5, 0.6) is 17.2 Å². The van der Waals surface area contributed by atoms with Crippen LogP contribution in [0.25, 0.3) is 16.9 Å². The van der Waals surface area contributed by atoms with Gasteiger partial charge in [0.05, 0.1) is 42.8 Å². The highest BCUT2D eigenvalue weighted by Gasteiger charge is 2.20. The molecule has 1 N–H and O–H groups in total. The second-order valence-corrected chi connectivity index (χ2v) is 10.1. The highest BCUT2D eigenvalue weighted by molar-refractivity contribution is 7.90. The second-order valence-electron chi connectivity index (χ2n) is 8.05. The third-order valence-corrected chi connectivity index (χ3v) is 6.69. The van der Waals surface area contributed by atoms with Crippen LogP contribution in [0.4, 0.5) is 5.69 Å². The number of para-hydroxylation sites is 2. The Hall–Kier alpha value is -4.31. The third kappa shape index (κ3) is 5.59. The van der Waals surface area contributed by atoms with E-state index < -0.39 is 15.7 Å². The molecule has 0 saturated carbocycles. The van der Waals surface area contributed by atoms with Crippen LogP contribution < -0.4 is 19.5 Å². The molecule has 37 heavy (non-hydrogen) atoms. The summed E-state index contributed by atoms with van der Waals surface area (Å²) >= 11 is 0. The molecule has 0 aliphatic carbocycles. The molecule has 1 amide bonds. The molecule has 1 heterocycles. The number of hydrogen-bond acceptors (Lipinski definition) is 7. The summed E-state index contributed by atoms with van der Waals surface area (Å²) < 4.78 is 41.9. The fourth-order valence-electron chi connectivity index (χ4n) is 3.76. The number of amides is 1. The van der Waals surface area contributed by atoms with Gasteiger partial charge in [-0.1, -0.05) is 12.1 Å². The van der Waals surface area contributed by atoms with Crippen molar-refractivity contribution >= 4 is 21.4 Å². The largest absolute Gasteiger partial charge is 0.493 e. The Balaban J connectivity index is 1.80. The average Bonchev–Trinajstić information content (AvgIpc) is 3.35. The molecule has 0 radical (unpaired) electrons. The van der Waals surface area contributed by atoms with E-state index in [2.05, 4.69) is 10.4 Å². The fraction of sp³-hybridized carbons (Fsp3) is 0.185. The molecule has 4 aromatic rings. The van der Waals surface area contributed by atoms with Crippen molar-refractivity contribution in [3.63, 3.8) is 0 Å². The van der Waals surface area contributed by atoms with Gasteiger partial charge in [0.1, 0.15) is 5.75 Å². The zero-order chi connectivity index (χ0) is 26.6. The molecule has 0 fully saturated rings. The molecular formula is C27H27N3O6S. The van der Waals surface area contributed by atoms with Gasteiger partial charge in [0.25, 0.3) is 5.91 Å². The molecule has 1 aromatic heterocycles. The molecule has 9 nitrogen and oxygen atoms in total. The number of ether oxygens (including phenoxy) is 3. The third-order valence-electron chi connectivity index (χ3n) is 5.57. The Labute approximate surface area is 215 Å². The van der Waals surface area contributed by atoms with Crippen LogP contribution >= 0.6 is 0 Å². The predicted octanol–water partition coefficient (Wildman–Crippen LogP) is 4.61. The first-order chi connectivity index (χ1) is 17.7. The lowest BCUT2D eigenvalue weighted by Gasteiger charge is -2.11. The maximum absolute atomic E-state index is 13.2. The van der Waals surface area contributed by atoms with Crippen LogP contribution in [0.3, 0.4) is 0 Å². The van der Waals surface area contributed by atoms with Gasteiger partial charge in [-0.15, -0.1) is 0 Å². The van der Waals surface area contributed by atoms with Crippen molar-refractivity contribution in [1.29, 1.82) is 0 Å². The number of hydrogen-bond donors (Lipinski definition) is 1. The van der Waals surface area contributed by atoms with E-state index in [0.717, 1.165) is 6.26 Å². The summed E-state index contributed by atoms with van der Waals surface area (Å²) in [4.78, 5) is 13.4. The minimum atomic E-state index is -3.37.